The molecule has 28 heavy (non-hydrogen) atoms. The molecule has 0 aliphatic rings. The van der Waals surface area contributed by atoms with Crippen LogP contribution in [0.5, 0.6) is 5.75 Å². The number of aromatic nitrogens is 1. The summed E-state index contributed by atoms with van der Waals surface area (Å²) in [7, 11) is 2.96. The Labute approximate surface area is 162 Å². The number of benzene rings is 2. The van der Waals surface area contributed by atoms with Gasteiger partial charge in [-0.3, -0.25) is 9.59 Å². The van der Waals surface area contributed by atoms with Gasteiger partial charge >= 0.3 is 0 Å². The third kappa shape index (κ3) is 3.96. The smallest absolute Gasteiger partial charge is 0.293 e. The number of aryl methyl sites for hydroxylation is 1. The van der Waals surface area contributed by atoms with E-state index in [2.05, 4.69) is 5.32 Å². The Bertz CT molecular complexity index is 1060. The van der Waals surface area contributed by atoms with Crippen LogP contribution in [0.3, 0.4) is 0 Å². The molecule has 1 aromatic heterocycles. The summed E-state index contributed by atoms with van der Waals surface area (Å²) in [5.74, 6) is -0.674. The van der Waals surface area contributed by atoms with Crippen LogP contribution in [0.25, 0.3) is 11.1 Å². The lowest BCUT2D eigenvalue weighted by Gasteiger charge is -2.17. The van der Waals surface area contributed by atoms with Crippen LogP contribution in [0, 0.1) is 5.82 Å². The van der Waals surface area contributed by atoms with Gasteiger partial charge < -0.3 is 14.6 Å². The molecular weight excluding hydrogens is 359 g/mol. The molecule has 3 aromatic rings. The van der Waals surface area contributed by atoms with Crippen molar-refractivity contribution in [2.75, 3.05) is 7.11 Å². The molecule has 0 aliphatic heterocycles. The Hall–Kier alpha value is -3.41. The number of hydrogen-bond donors (Lipinski definition) is 1. The summed E-state index contributed by atoms with van der Waals surface area (Å²) in [6.07, 6.45) is 1.53. The first-order chi connectivity index (χ1) is 13.4. The van der Waals surface area contributed by atoms with Gasteiger partial charge in [0.05, 0.1) is 18.7 Å². The van der Waals surface area contributed by atoms with Gasteiger partial charge in [-0.25, -0.2) is 4.39 Å². The van der Waals surface area contributed by atoms with Crippen molar-refractivity contribution in [1.82, 2.24) is 9.88 Å². The highest BCUT2D eigenvalue weighted by Gasteiger charge is 2.18. The van der Waals surface area contributed by atoms with Gasteiger partial charge in [0.25, 0.3) is 11.5 Å². The maximum absolute atomic E-state index is 13.1. The van der Waals surface area contributed by atoms with E-state index in [1.54, 1.807) is 25.2 Å². The number of hydrogen-bond acceptors (Lipinski definition) is 3. The van der Waals surface area contributed by atoms with E-state index in [0.29, 0.717) is 0 Å². The molecule has 0 saturated carbocycles. The van der Waals surface area contributed by atoms with Crippen LogP contribution in [0.15, 0.2) is 65.6 Å². The van der Waals surface area contributed by atoms with Crippen molar-refractivity contribution in [3.8, 4) is 16.9 Å². The van der Waals surface area contributed by atoms with Crippen molar-refractivity contribution >= 4 is 5.91 Å². The van der Waals surface area contributed by atoms with Crippen LogP contribution in [0.1, 0.15) is 28.9 Å². The minimum Gasteiger partial charge on any atom is -0.491 e. The van der Waals surface area contributed by atoms with Crippen molar-refractivity contribution in [3.63, 3.8) is 0 Å². The molecule has 1 amide bonds. The molecule has 0 radical (unpaired) electrons. The molecule has 5 nitrogen and oxygen atoms in total. The Morgan fingerprint density at radius 2 is 1.82 bits per heavy atom. The topological polar surface area (TPSA) is 60.3 Å². The first-order valence-corrected chi connectivity index (χ1v) is 8.81. The van der Waals surface area contributed by atoms with Gasteiger partial charge in [0.1, 0.15) is 5.82 Å². The van der Waals surface area contributed by atoms with Crippen LogP contribution in [0.4, 0.5) is 4.39 Å². The van der Waals surface area contributed by atoms with Crippen molar-refractivity contribution in [1.29, 1.82) is 0 Å². The Kier molecular flexibility index (Phi) is 5.59. The molecule has 0 spiro atoms. The maximum Gasteiger partial charge on any atom is 0.293 e. The molecule has 3 rings (SSSR count). The van der Waals surface area contributed by atoms with Crippen LogP contribution in [0.2, 0.25) is 0 Å². The zero-order chi connectivity index (χ0) is 20.3. The molecule has 6 heteroatoms. The normalized spacial score (nSPS) is 11.7. The van der Waals surface area contributed by atoms with Gasteiger partial charge in [-0.2, -0.15) is 0 Å². The van der Waals surface area contributed by atoms with Crippen LogP contribution in [-0.4, -0.2) is 17.6 Å². The molecule has 0 saturated heterocycles. The summed E-state index contributed by atoms with van der Waals surface area (Å²) in [6, 6.07) is 15.2. The second-order valence-electron chi connectivity index (χ2n) is 6.51. The number of carbonyl (C=O) groups is 1. The third-order valence-corrected chi connectivity index (χ3v) is 4.58. The highest BCUT2D eigenvalue weighted by Crippen LogP contribution is 2.24. The molecule has 0 unspecified atom stereocenters. The summed E-state index contributed by atoms with van der Waals surface area (Å²) in [6.45, 7) is 1.86. The number of ether oxygens (including phenoxy) is 1. The summed E-state index contributed by atoms with van der Waals surface area (Å²) < 4.78 is 19.6. The number of pyridine rings is 1. The number of carbonyl (C=O) groups excluding carboxylic acids is 1. The fourth-order valence-corrected chi connectivity index (χ4v) is 2.97. The van der Waals surface area contributed by atoms with Crippen LogP contribution < -0.4 is 15.6 Å². The standard InChI is InChI=1S/C22H21FN2O3/c1-14(24-21(26)19-11-12-25(2)22(27)20(19)28-3)16-5-4-6-17(13-16)15-7-9-18(23)10-8-15/h4-14H,1-3H3,(H,24,26)/t14-/m1/s1. The summed E-state index contributed by atoms with van der Waals surface area (Å²) in [5.41, 5.74) is 2.51. The third-order valence-electron chi connectivity index (χ3n) is 4.58. The molecular formula is C22H21FN2O3. The molecule has 144 valence electrons. The monoisotopic (exact) mass is 380 g/mol. The molecule has 1 N–H and O–H groups in total. The predicted molar refractivity (Wildman–Crippen MR) is 106 cm³/mol. The van der Waals surface area contributed by atoms with Crippen LogP contribution >= 0.6 is 0 Å². The Morgan fingerprint density at radius 1 is 1.11 bits per heavy atom. The maximum atomic E-state index is 13.1. The first-order valence-electron chi connectivity index (χ1n) is 8.81. The van der Waals surface area contributed by atoms with Crippen LogP contribution in [-0.2, 0) is 7.05 Å². The highest BCUT2D eigenvalue weighted by atomic mass is 19.1. The summed E-state index contributed by atoms with van der Waals surface area (Å²) in [4.78, 5) is 24.8. The van der Waals surface area contributed by atoms with E-state index < -0.39 is 5.91 Å². The average molecular weight is 380 g/mol. The zero-order valence-electron chi connectivity index (χ0n) is 15.9. The molecule has 1 heterocycles. The number of nitrogens with zero attached hydrogens (tertiary/aromatic N) is 1. The molecule has 1 atom stereocenters. The van der Waals surface area contributed by atoms with Gasteiger partial charge in [-0.15, -0.1) is 0 Å². The number of methoxy groups -OCH3 is 1. The number of halogens is 1. The lowest BCUT2D eigenvalue weighted by molar-refractivity contribution is 0.0936. The van der Waals surface area contributed by atoms with Crippen molar-refractivity contribution in [2.24, 2.45) is 7.05 Å². The van der Waals surface area contributed by atoms with Crippen molar-refractivity contribution < 1.29 is 13.9 Å². The minimum atomic E-state index is -0.394. The first kappa shape index (κ1) is 19.4. The average Bonchev–Trinajstić information content (AvgIpc) is 2.70. The van der Waals surface area contributed by atoms with E-state index in [0.717, 1.165) is 16.7 Å². The van der Waals surface area contributed by atoms with Gasteiger partial charge in [-0.05, 0) is 47.9 Å². The van der Waals surface area contributed by atoms with E-state index in [1.807, 2.05) is 31.2 Å². The van der Waals surface area contributed by atoms with E-state index >= 15 is 0 Å². The number of rotatable bonds is 5. The molecule has 2 aromatic carbocycles. The minimum absolute atomic E-state index is 0.00904. The second kappa shape index (κ2) is 8.08. The largest absolute Gasteiger partial charge is 0.491 e. The molecule has 0 aliphatic carbocycles. The van der Waals surface area contributed by atoms with Gasteiger partial charge in [0.15, 0.2) is 5.75 Å². The summed E-state index contributed by atoms with van der Waals surface area (Å²) in [5, 5.41) is 2.89. The summed E-state index contributed by atoms with van der Waals surface area (Å²) >= 11 is 0. The van der Waals surface area contributed by atoms with E-state index in [4.69, 9.17) is 4.74 Å². The van der Waals surface area contributed by atoms with E-state index in [-0.39, 0.29) is 28.7 Å². The zero-order valence-corrected chi connectivity index (χ0v) is 15.9. The van der Waals surface area contributed by atoms with E-state index in [1.165, 1.54) is 30.0 Å². The van der Waals surface area contributed by atoms with Crippen molar-refractivity contribution in [2.45, 2.75) is 13.0 Å². The van der Waals surface area contributed by atoms with Gasteiger partial charge in [0, 0.05) is 13.2 Å². The molecule has 0 fully saturated rings. The second-order valence-corrected chi connectivity index (χ2v) is 6.51. The van der Waals surface area contributed by atoms with Gasteiger partial charge in [0.2, 0.25) is 0 Å². The lowest BCUT2D eigenvalue weighted by atomic mass is 10.00. The van der Waals surface area contributed by atoms with E-state index in [9.17, 15) is 14.0 Å². The fraction of sp³-hybridized carbons (Fsp3) is 0.182. The quantitative estimate of drug-likeness (QED) is 0.734. The Morgan fingerprint density at radius 3 is 2.50 bits per heavy atom. The molecule has 0 bridgehead atoms. The lowest BCUT2D eigenvalue weighted by Crippen LogP contribution is -2.29. The Balaban J connectivity index is 1.84. The highest BCUT2D eigenvalue weighted by molar-refractivity contribution is 5.97. The van der Waals surface area contributed by atoms with Crippen molar-refractivity contribution in [3.05, 3.63) is 88.1 Å². The number of amides is 1. The SMILES string of the molecule is COc1c(C(=O)N[C@H](C)c2cccc(-c3ccc(F)cc3)c2)ccn(C)c1=O. The predicted octanol–water partition coefficient (Wildman–Crippen LogP) is 3.69. The van der Waals surface area contributed by atoms with Gasteiger partial charge in [-0.1, -0.05) is 30.3 Å². The number of nitrogens with one attached hydrogen (secondary N) is 1. The fourth-order valence-electron chi connectivity index (χ4n) is 2.97.